The summed E-state index contributed by atoms with van der Waals surface area (Å²) in [6.07, 6.45) is 2.36. The number of thioether (sulfide) groups is 1. The number of nitrogens with zero attached hydrogens (tertiary/aromatic N) is 1. The van der Waals surface area contributed by atoms with Gasteiger partial charge in [0.15, 0.2) is 6.61 Å². The van der Waals surface area contributed by atoms with Crippen LogP contribution in [0.15, 0.2) is 65.2 Å². The Labute approximate surface area is 180 Å². The van der Waals surface area contributed by atoms with Gasteiger partial charge in [0, 0.05) is 23.6 Å². The van der Waals surface area contributed by atoms with Gasteiger partial charge in [0.25, 0.3) is 5.91 Å². The van der Waals surface area contributed by atoms with Crippen molar-refractivity contribution in [3.63, 3.8) is 0 Å². The Balaban J connectivity index is 1.72. The third-order valence-electron chi connectivity index (χ3n) is 4.51. The average molecular weight is 425 g/mol. The summed E-state index contributed by atoms with van der Waals surface area (Å²) in [4.78, 5) is 39.6. The van der Waals surface area contributed by atoms with Crippen molar-refractivity contribution >= 4 is 41.3 Å². The van der Waals surface area contributed by atoms with Crippen molar-refractivity contribution in [3.8, 4) is 0 Å². The number of para-hydroxylation sites is 1. The summed E-state index contributed by atoms with van der Waals surface area (Å²) in [6, 6.07) is 16.8. The fourth-order valence-electron chi connectivity index (χ4n) is 3.08. The number of hydrogen-bond donors (Lipinski definition) is 1. The van der Waals surface area contributed by atoms with Crippen molar-refractivity contribution in [3.05, 3.63) is 65.9 Å². The zero-order valence-electron chi connectivity index (χ0n) is 17.0. The molecule has 0 saturated carbocycles. The average Bonchev–Trinajstić information content (AvgIpc) is 2.90. The zero-order chi connectivity index (χ0) is 21.5. The molecule has 2 aromatic rings. The summed E-state index contributed by atoms with van der Waals surface area (Å²) < 4.78 is 5.26. The number of rotatable bonds is 5. The smallest absolute Gasteiger partial charge is 0.355 e. The van der Waals surface area contributed by atoms with Crippen LogP contribution in [0, 0.1) is 0 Å². The minimum atomic E-state index is -0.756. The number of amides is 2. The number of fused-ring (bicyclic) bond motifs is 1. The van der Waals surface area contributed by atoms with E-state index in [-0.39, 0.29) is 11.6 Å². The van der Waals surface area contributed by atoms with Gasteiger partial charge in [0.05, 0.1) is 5.69 Å². The largest absolute Gasteiger partial charge is 0.451 e. The van der Waals surface area contributed by atoms with Gasteiger partial charge in [-0.3, -0.25) is 9.59 Å². The Morgan fingerprint density at radius 1 is 1.13 bits per heavy atom. The molecule has 0 aliphatic carbocycles. The first-order valence-electron chi connectivity index (χ1n) is 9.71. The van der Waals surface area contributed by atoms with Crippen LogP contribution in [-0.2, 0) is 19.1 Å². The van der Waals surface area contributed by atoms with Crippen LogP contribution in [0.4, 0.5) is 5.69 Å². The summed E-state index contributed by atoms with van der Waals surface area (Å²) in [5, 5.41) is 2.86. The van der Waals surface area contributed by atoms with Crippen LogP contribution in [0.2, 0.25) is 0 Å². The van der Waals surface area contributed by atoms with Gasteiger partial charge >= 0.3 is 5.97 Å². The quantitative estimate of drug-likeness (QED) is 0.586. The van der Waals surface area contributed by atoms with Gasteiger partial charge in [-0.1, -0.05) is 49.4 Å². The molecule has 30 heavy (non-hydrogen) atoms. The standard InChI is InChI=1S/C23H24N2O4S/c1-16-12-13-25(20-10-6-7-11-21(20)30-16)22(27)15-29-23(28)19(24-17(2)26)14-18-8-4-3-5-9-18/h3-11,14,16H,12-13,15H2,1-2H3,(H,24,26)/b19-14-. The normalized spacial score (nSPS) is 16.3. The van der Waals surface area contributed by atoms with Crippen molar-refractivity contribution < 1.29 is 19.1 Å². The van der Waals surface area contributed by atoms with Gasteiger partial charge in [0.2, 0.25) is 5.91 Å². The van der Waals surface area contributed by atoms with Crippen LogP contribution in [0.3, 0.4) is 0 Å². The Kier molecular flexibility index (Phi) is 7.30. The van der Waals surface area contributed by atoms with E-state index in [1.54, 1.807) is 28.8 Å². The molecule has 7 heteroatoms. The second kappa shape index (κ2) is 10.1. The third kappa shape index (κ3) is 5.73. The number of esters is 1. The maximum absolute atomic E-state index is 12.9. The Morgan fingerprint density at radius 2 is 1.83 bits per heavy atom. The van der Waals surface area contributed by atoms with E-state index in [4.69, 9.17) is 4.74 Å². The molecule has 1 unspecified atom stereocenters. The first-order valence-corrected chi connectivity index (χ1v) is 10.6. The van der Waals surface area contributed by atoms with Gasteiger partial charge < -0.3 is 15.0 Å². The highest BCUT2D eigenvalue weighted by Crippen LogP contribution is 2.37. The lowest BCUT2D eigenvalue weighted by molar-refractivity contribution is -0.144. The van der Waals surface area contributed by atoms with E-state index in [1.165, 1.54) is 13.0 Å². The molecule has 0 aromatic heterocycles. The van der Waals surface area contributed by atoms with Gasteiger partial charge in [-0.25, -0.2) is 4.79 Å². The van der Waals surface area contributed by atoms with Crippen LogP contribution in [0.5, 0.6) is 0 Å². The highest BCUT2D eigenvalue weighted by Gasteiger charge is 2.25. The fourth-order valence-corrected chi connectivity index (χ4v) is 4.19. The molecular weight excluding hydrogens is 400 g/mol. The first-order chi connectivity index (χ1) is 14.4. The lowest BCUT2D eigenvalue weighted by atomic mass is 10.2. The molecule has 1 aliphatic rings. The fraction of sp³-hybridized carbons (Fsp3) is 0.261. The minimum Gasteiger partial charge on any atom is -0.451 e. The molecule has 6 nitrogen and oxygen atoms in total. The van der Waals surface area contributed by atoms with Gasteiger partial charge in [-0.05, 0) is 30.2 Å². The second-order valence-corrected chi connectivity index (χ2v) is 8.44. The van der Waals surface area contributed by atoms with Gasteiger partial charge in [0.1, 0.15) is 5.70 Å². The first kappa shape index (κ1) is 21.6. The topological polar surface area (TPSA) is 75.7 Å². The molecule has 2 aromatic carbocycles. The lowest BCUT2D eigenvalue weighted by Crippen LogP contribution is -2.36. The van der Waals surface area contributed by atoms with E-state index in [1.807, 2.05) is 42.5 Å². The lowest BCUT2D eigenvalue weighted by Gasteiger charge is -2.22. The SMILES string of the molecule is CC(=O)N/C(=C\c1ccccc1)C(=O)OCC(=O)N1CCC(C)Sc2ccccc21. The second-order valence-electron chi connectivity index (χ2n) is 6.96. The van der Waals surface area contributed by atoms with Crippen molar-refractivity contribution in [2.24, 2.45) is 0 Å². The number of carbonyl (C=O) groups is 3. The van der Waals surface area contributed by atoms with Crippen molar-refractivity contribution in [1.82, 2.24) is 5.32 Å². The molecule has 1 heterocycles. The molecule has 2 amide bonds. The minimum absolute atomic E-state index is 0.0121. The summed E-state index contributed by atoms with van der Waals surface area (Å²) in [7, 11) is 0. The molecular formula is C23H24N2O4S. The highest BCUT2D eigenvalue weighted by atomic mass is 32.2. The number of carbonyl (C=O) groups excluding carboxylic acids is 3. The molecule has 156 valence electrons. The third-order valence-corrected chi connectivity index (χ3v) is 5.75. The van der Waals surface area contributed by atoms with E-state index in [0.717, 1.165) is 22.6 Å². The van der Waals surface area contributed by atoms with E-state index in [9.17, 15) is 14.4 Å². The molecule has 0 radical (unpaired) electrons. The van der Waals surface area contributed by atoms with Crippen LogP contribution >= 0.6 is 11.8 Å². The van der Waals surface area contributed by atoms with Crippen LogP contribution < -0.4 is 10.2 Å². The number of nitrogens with one attached hydrogen (secondary N) is 1. The van der Waals surface area contributed by atoms with E-state index < -0.39 is 18.5 Å². The molecule has 0 spiro atoms. The van der Waals surface area contributed by atoms with E-state index >= 15 is 0 Å². The summed E-state index contributed by atoms with van der Waals surface area (Å²) in [5.41, 5.74) is 1.55. The Bertz CT molecular complexity index is 959. The maximum atomic E-state index is 12.9. The molecule has 0 fully saturated rings. The highest BCUT2D eigenvalue weighted by molar-refractivity contribution is 8.00. The number of hydrogen-bond acceptors (Lipinski definition) is 5. The predicted octanol–water partition coefficient (Wildman–Crippen LogP) is 3.62. The van der Waals surface area contributed by atoms with E-state index in [2.05, 4.69) is 12.2 Å². The molecule has 1 atom stereocenters. The Morgan fingerprint density at radius 3 is 2.57 bits per heavy atom. The predicted molar refractivity (Wildman–Crippen MR) is 118 cm³/mol. The van der Waals surface area contributed by atoms with Gasteiger partial charge in [-0.15, -0.1) is 11.8 Å². The molecule has 0 bridgehead atoms. The molecule has 1 aliphatic heterocycles. The van der Waals surface area contributed by atoms with Crippen molar-refractivity contribution in [2.45, 2.75) is 30.4 Å². The maximum Gasteiger partial charge on any atom is 0.355 e. The number of ether oxygens (including phenoxy) is 1. The zero-order valence-corrected chi connectivity index (χ0v) is 17.8. The number of anilines is 1. The van der Waals surface area contributed by atoms with E-state index in [0.29, 0.717) is 11.8 Å². The Hall–Kier alpha value is -3.06. The van der Waals surface area contributed by atoms with Crippen LogP contribution in [0.1, 0.15) is 25.8 Å². The molecule has 3 rings (SSSR count). The number of benzene rings is 2. The summed E-state index contributed by atoms with van der Waals surface area (Å²) in [6.45, 7) is 3.59. The molecule has 0 saturated heterocycles. The molecule has 1 N–H and O–H groups in total. The summed E-state index contributed by atoms with van der Waals surface area (Å²) >= 11 is 1.73. The van der Waals surface area contributed by atoms with Gasteiger partial charge in [-0.2, -0.15) is 0 Å². The van der Waals surface area contributed by atoms with Crippen molar-refractivity contribution in [2.75, 3.05) is 18.1 Å². The van der Waals surface area contributed by atoms with Crippen LogP contribution in [0.25, 0.3) is 6.08 Å². The van der Waals surface area contributed by atoms with Crippen molar-refractivity contribution in [1.29, 1.82) is 0 Å². The summed E-state index contributed by atoms with van der Waals surface area (Å²) in [5.74, 6) is -1.45. The monoisotopic (exact) mass is 424 g/mol. The van der Waals surface area contributed by atoms with Crippen LogP contribution in [-0.4, -0.2) is 36.2 Å².